The average Bonchev–Trinajstić information content (AvgIpc) is 2.42. The predicted molar refractivity (Wildman–Crippen MR) is 111 cm³/mol. The normalized spacial score (nSPS) is 22.5. The molecule has 1 aliphatic heterocycles. The van der Waals surface area contributed by atoms with Crippen LogP contribution in [0, 0.1) is 0 Å². The molecule has 1 saturated heterocycles. The molecule has 0 radical (unpaired) electrons. The molecule has 24 heavy (non-hydrogen) atoms. The van der Waals surface area contributed by atoms with Crippen LogP contribution in [0.5, 0.6) is 0 Å². The van der Waals surface area contributed by atoms with Crippen LogP contribution >= 0.6 is 23.5 Å². The molecular weight excluding hydrogens is 350 g/mol. The number of carbonyl (C=O) groups excluding carboxylic acids is 1. The first-order chi connectivity index (χ1) is 10.8. The van der Waals surface area contributed by atoms with Gasteiger partial charge in [-0.15, -0.1) is 23.5 Å². The molecule has 2 rings (SSSR count). The number of thioether (sulfide) groups is 2. The summed E-state index contributed by atoms with van der Waals surface area (Å²) in [6.45, 7) is 18.3. The van der Waals surface area contributed by atoms with Gasteiger partial charge in [0.05, 0.1) is 5.37 Å². The second-order valence-corrected chi connectivity index (χ2v) is 17.2. The lowest BCUT2D eigenvalue weighted by atomic mass is 10.2. The zero-order valence-electron chi connectivity index (χ0n) is 16.2. The van der Waals surface area contributed by atoms with E-state index in [-0.39, 0.29) is 20.4 Å². The Balaban J connectivity index is 2.28. The lowest BCUT2D eigenvalue weighted by Crippen LogP contribution is -2.73. The van der Waals surface area contributed by atoms with Gasteiger partial charge in [0.25, 0.3) is 0 Å². The number of nitrogens with zero attached hydrogens (tertiary/aromatic N) is 1. The largest absolute Gasteiger partial charge is 0.355 e. The van der Waals surface area contributed by atoms with Gasteiger partial charge >= 0.3 is 0 Å². The number of β-lactam (4-membered cyclic amide) rings is 1. The predicted octanol–water partition coefficient (Wildman–Crippen LogP) is 5.85. The Morgan fingerprint density at radius 3 is 2.00 bits per heavy atom. The van der Waals surface area contributed by atoms with Crippen molar-refractivity contribution in [3.05, 3.63) is 30.3 Å². The monoisotopic (exact) mass is 381 g/mol. The van der Waals surface area contributed by atoms with Crippen molar-refractivity contribution in [2.24, 2.45) is 0 Å². The van der Waals surface area contributed by atoms with Gasteiger partial charge in [0.2, 0.25) is 5.91 Å². The van der Waals surface area contributed by atoms with Crippen molar-refractivity contribution in [2.75, 3.05) is 0 Å². The van der Waals surface area contributed by atoms with Crippen molar-refractivity contribution in [2.45, 2.75) is 79.9 Å². The molecule has 0 saturated carbocycles. The Labute approximate surface area is 157 Å². The molecule has 1 amide bonds. The highest BCUT2D eigenvalue weighted by Crippen LogP contribution is 2.51. The smallest absolute Gasteiger partial charge is 0.232 e. The third-order valence-electron chi connectivity index (χ3n) is 4.91. The minimum absolute atomic E-state index is 0.0331. The molecule has 1 heterocycles. The number of carbonyl (C=O) groups is 1. The maximum Gasteiger partial charge on any atom is 0.232 e. The molecule has 2 nitrogen and oxygen atoms in total. The van der Waals surface area contributed by atoms with Crippen LogP contribution in [0.15, 0.2) is 35.2 Å². The molecule has 0 spiro atoms. The highest BCUT2D eigenvalue weighted by atomic mass is 32.2. The fourth-order valence-corrected chi connectivity index (χ4v) is 8.54. The van der Waals surface area contributed by atoms with Gasteiger partial charge in [-0.05, 0) is 17.2 Å². The van der Waals surface area contributed by atoms with Crippen LogP contribution in [-0.2, 0) is 4.79 Å². The van der Waals surface area contributed by atoms with E-state index >= 15 is 0 Å². The molecule has 0 aliphatic carbocycles. The van der Waals surface area contributed by atoms with Crippen LogP contribution in [0.3, 0.4) is 0 Å². The molecule has 2 atom stereocenters. The number of amides is 1. The van der Waals surface area contributed by atoms with Gasteiger partial charge in [0.1, 0.15) is 5.25 Å². The number of rotatable bonds is 4. The van der Waals surface area contributed by atoms with E-state index in [2.05, 4.69) is 71.3 Å². The second kappa shape index (κ2) is 6.73. The molecule has 0 unspecified atom stereocenters. The molecular formula is C19H31NOS2Si. The topological polar surface area (TPSA) is 20.3 Å². The number of benzene rings is 1. The summed E-state index contributed by atoms with van der Waals surface area (Å²) in [7, 11) is -1.86. The van der Waals surface area contributed by atoms with Gasteiger partial charge < -0.3 is 4.57 Å². The van der Waals surface area contributed by atoms with Crippen molar-refractivity contribution in [1.29, 1.82) is 0 Å². The van der Waals surface area contributed by atoms with Crippen LogP contribution in [0.25, 0.3) is 0 Å². The molecule has 5 heteroatoms. The molecule has 0 aromatic heterocycles. The fraction of sp³-hybridized carbons (Fsp3) is 0.632. The average molecular weight is 382 g/mol. The Kier molecular flexibility index (Phi) is 5.59. The van der Waals surface area contributed by atoms with Crippen LogP contribution < -0.4 is 0 Å². The maximum absolute atomic E-state index is 13.1. The van der Waals surface area contributed by atoms with Crippen molar-refractivity contribution >= 4 is 37.7 Å². The van der Waals surface area contributed by atoms with Gasteiger partial charge in [0, 0.05) is 9.64 Å². The van der Waals surface area contributed by atoms with E-state index in [1.165, 1.54) is 4.90 Å². The van der Waals surface area contributed by atoms with Crippen molar-refractivity contribution in [3.8, 4) is 0 Å². The fourth-order valence-electron chi connectivity index (χ4n) is 2.62. The summed E-state index contributed by atoms with van der Waals surface area (Å²) in [6, 6.07) is 10.3. The summed E-state index contributed by atoms with van der Waals surface area (Å²) in [4.78, 5) is 14.3. The van der Waals surface area contributed by atoms with Gasteiger partial charge in [-0.25, -0.2) is 0 Å². The minimum atomic E-state index is -1.86. The van der Waals surface area contributed by atoms with Gasteiger partial charge in [-0.2, -0.15) is 0 Å². The van der Waals surface area contributed by atoms with Crippen molar-refractivity contribution in [1.82, 2.24) is 4.57 Å². The molecule has 0 N–H and O–H groups in total. The lowest BCUT2D eigenvalue weighted by Gasteiger charge is -2.58. The summed E-state index contributed by atoms with van der Waals surface area (Å²) < 4.78 is 2.41. The Bertz CT molecular complexity index is 590. The minimum Gasteiger partial charge on any atom is -0.355 e. The molecule has 1 aromatic rings. The van der Waals surface area contributed by atoms with E-state index in [9.17, 15) is 4.79 Å². The first-order valence-corrected chi connectivity index (χ1v) is 13.3. The van der Waals surface area contributed by atoms with Crippen molar-refractivity contribution < 1.29 is 4.79 Å². The van der Waals surface area contributed by atoms with Gasteiger partial charge in [-0.3, -0.25) is 4.79 Å². The zero-order valence-corrected chi connectivity index (χ0v) is 18.8. The molecule has 1 aliphatic rings. The van der Waals surface area contributed by atoms with E-state index in [1.807, 2.05) is 30.0 Å². The standard InChI is InChI=1S/C19H31NOS2Si/c1-18(2,3)23-17-15(22-14-12-10-9-11-13-14)16(21)20(17)24(7,8)19(4,5)6/h9-13,15,17H,1-8H3/t15-,17+/m0/s1. The first kappa shape index (κ1) is 19.9. The second-order valence-electron chi connectivity index (χ2n) is 8.99. The lowest BCUT2D eigenvalue weighted by molar-refractivity contribution is -0.134. The summed E-state index contributed by atoms with van der Waals surface area (Å²) in [5.41, 5.74) is 0. The van der Waals surface area contributed by atoms with Crippen LogP contribution in [0.4, 0.5) is 0 Å². The molecule has 0 bridgehead atoms. The van der Waals surface area contributed by atoms with E-state index in [4.69, 9.17) is 0 Å². The van der Waals surface area contributed by atoms with Crippen LogP contribution in [0.1, 0.15) is 41.5 Å². The molecule has 1 aromatic carbocycles. The number of hydrogen-bond donors (Lipinski definition) is 0. The van der Waals surface area contributed by atoms with E-state index in [0.29, 0.717) is 5.91 Å². The highest BCUT2D eigenvalue weighted by Gasteiger charge is 2.58. The van der Waals surface area contributed by atoms with Crippen LogP contribution in [-0.4, -0.2) is 34.1 Å². The van der Waals surface area contributed by atoms with Gasteiger partial charge in [0.15, 0.2) is 8.24 Å². The zero-order chi connectivity index (χ0) is 18.3. The van der Waals surface area contributed by atoms with Crippen LogP contribution in [0.2, 0.25) is 18.1 Å². The third-order valence-corrected chi connectivity index (χ3v) is 13.3. The molecule has 1 fully saturated rings. The SMILES string of the molecule is CC(C)(C)S[C@@H]1[C@@H](Sc2ccccc2)C(=O)N1[Si](C)(C)C(C)(C)C. The number of hydrogen-bond acceptors (Lipinski definition) is 3. The summed E-state index contributed by atoms with van der Waals surface area (Å²) in [6.07, 6.45) is 0. The van der Waals surface area contributed by atoms with E-state index in [0.717, 1.165) is 0 Å². The Morgan fingerprint density at radius 1 is 1.00 bits per heavy atom. The summed E-state index contributed by atoms with van der Waals surface area (Å²) >= 11 is 3.67. The van der Waals surface area contributed by atoms with Gasteiger partial charge in [-0.1, -0.05) is 72.8 Å². The Morgan fingerprint density at radius 2 is 1.54 bits per heavy atom. The van der Waals surface area contributed by atoms with E-state index in [1.54, 1.807) is 11.8 Å². The molecule has 134 valence electrons. The third kappa shape index (κ3) is 4.05. The summed E-state index contributed by atoms with van der Waals surface area (Å²) in [5.74, 6) is 0.331. The first-order valence-electron chi connectivity index (χ1n) is 8.57. The quantitative estimate of drug-likeness (QED) is 0.482. The maximum atomic E-state index is 13.1. The summed E-state index contributed by atoms with van der Waals surface area (Å²) in [5, 5.41) is 0.469. The Hall–Kier alpha value is -0.393. The highest BCUT2D eigenvalue weighted by molar-refractivity contribution is 8.05. The van der Waals surface area contributed by atoms with Crippen molar-refractivity contribution in [3.63, 3.8) is 0 Å². The van der Waals surface area contributed by atoms with E-state index < -0.39 is 8.24 Å².